The van der Waals surface area contributed by atoms with Crippen LogP contribution in [0.5, 0.6) is 0 Å². The molecule has 4 aliphatic rings. The number of phosphoric acid groups is 4. The number of aromatic amines is 3. The Kier molecular flexibility index (Phi) is 17.3. The summed E-state index contributed by atoms with van der Waals surface area (Å²) in [6.45, 7) is -0.987. The van der Waals surface area contributed by atoms with Crippen molar-refractivity contribution in [2.45, 2.75) is 113 Å². The van der Waals surface area contributed by atoms with Crippen molar-refractivity contribution in [1.82, 2.24) is 58.1 Å². The first-order valence-corrected chi connectivity index (χ1v) is 30.8. The lowest BCUT2D eigenvalue weighted by Crippen LogP contribution is -2.33. The zero-order valence-electron chi connectivity index (χ0n) is 43.3. The molecule has 0 saturated carbocycles. The summed E-state index contributed by atoms with van der Waals surface area (Å²) >= 11 is 0. The van der Waals surface area contributed by atoms with Crippen molar-refractivity contribution in [3.63, 3.8) is 0 Å². The van der Waals surface area contributed by atoms with Crippen LogP contribution in [0.25, 0.3) is 22.3 Å². The van der Waals surface area contributed by atoms with Gasteiger partial charge in [-0.25, -0.2) is 47.8 Å². The van der Waals surface area contributed by atoms with Crippen LogP contribution in [0.4, 0.5) is 11.8 Å². The van der Waals surface area contributed by atoms with Crippen molar-refractivity contribution in [2.24, 2.45) is 0 Å². The van der Waals surface area contributed by atoms with Gasteiger partial charge >= 0.3 is 42.7 Å². The summed E-state index contributed by atoms with van der Waals surface area (Å²) in [7, 11) is -21.4. The van der Waals surface area contributed by atoms with E-state index in [2.05, 4.69) is 39.9 Å². The molecule has 0 aromatic carbocycles. The highest BCUT2D eigenvalue weighted by Gasteiger charge is 2.49. The molecule has 0 spiro atoms. The van der Waals surface area contributed by atoms with Gasteiger partial charge in [-0.2, -0.15) is 4.98 Å². The summed E-state index contributed by atoms with van der Waals surface area (Å²) in [5.41, 5.74) is 7.65. The highest BCUT2D eigenvalue weighted by molar-refractivity contribution is 7.48. The van der Waals surface area contributed by atoms with E-state index in [0.29, 0.717) is 0 Å². The second-order valence-electron chi connectivity index (χ2n) is 19.3. The number of aliphatic hydroxyl groups is 1. The fourth-order valence-electron chi connectivity index (χ4n) is 9.66. The molecular formula is C40H52N14O26P4. The molecule has 0 amide bonds. The van der Waals surface area contributed by atoms with Gasteiger partial charge in [-0.3, -0.25) is 79.3 Å². The van der Waals surface area contributed by atoms with Gasteiger partial charge in [-0.05, 0) is 13.8 Å². The van der Waals surface area contributed by atoms with Gasteiger partial charge in [0.25, 0.3) is 16.7 Å². The van der Waals surface area contributed by atoms with Crippen LogP contribution in [0.15, 0.2) is 55.3 Å². The number of hydrogen-bond donors (Lipinski definition) is 11. The SMILES string of the molecule is Cc1cn([C@H]2C[C@H](OP(=O)(O)O)[C@@H](COP(=O)(O)O[C@H]3C[C@H](n4cnc5c(=O)[nH]c(N)nc54)O[C@@H]3COP(=O)(O)O[C@H]3C[C@H](n4cc(C)c(=O)[nH]c4=O)O[C@@H]3COP(=O)(O)O[C@H]3C[C@H](n4cnc5c(N)ncnc54)O[C@@H]3CO)O2)c(=O)[nH]c1=O. The lowest BCUT2D eigenvalue weighted by atomic mass is 10.2. The minimum absolute atomic E-state index is 0.0310. The van der Waals surface area contributed by atoms with E-state index in [-0.39, 0.29) is 51.6 Å². The second-order valence-corrected chi connectivity index (χ2v) is 24.7. The molecule has 40 nitrogen and oxygen atoms in total. The van der Waals surface area contributed by atoms with Crippen molar-refractivity contribution in [2.75, 3.05) is 37.9 Å². The molecule has 13 N–H and O–H groups in total. The van der Waals surface area contributed by atoms with E-state index < -0.39 is 179 Å². The van der Waals surface area contributed by atoms with Crippen LogP contribution in [0, 0.1) is 13.8 Å². The van der Waals surface area contributed by atoms with Gasteiger partial charge in [0, 0.05) is 49.2 Å². The number of anilines is 2. The topological polar surface area (TPSA) is 560 Å². The standard InChI is InChI=1S/C40H52N14O26P4/c1-16-7-51(39(59)49-35(16)56)26-4-19(77-81(61,62)63)23(74-26)10-70-83(66,67)80-21-6-29(54-15-46-31-34(54)47-38(42)48-37(31)58)76-25(21)12-72-84(68,69)79-20-5-27(52-8-17(2)36(57)50-40(52)60)75-24(20)11-71-82(64,65)78-18-3-28(73-22(18)9-55)53-14-45-30-32(41)43-13-44-33(30)53/h7-8,13-15,18-29,55H,3-6,9-12H2,1-2H3,(H,64,65)(H,66,67)(H,68,69)(H2,41,43,44)(H,49,56,59)(H,50,57,60)(H2,61,62,63)(H3,42,47,48,58)/t18-,19-,20-,21-,22+,23+,24+,25+,26+,27+,28+,29+/m0/s1. The summed E-state index contributed by atoms with van der Waals surface area (Å²) in [5.74, 6) is -0.289. The quantitative estimate of drug-likeness (QED) is 0.0327. The number of aliphatic hydroxyl groups excluding tert-OH is 1. The molecule has 6 aromatic rings. The second kappa shape index (κ2) is 23.8. The molecular weight excluding hydrogens is 1220 g/mol. The van der Waals surface area contributed by atoms with E-state index in [0.717, 1.165) is 27.9 Å². The van der Waals surface area contributed by atoms with E-state index in [1.807, 2.05) is 0 Å². The zero-order valence-corrected chi connectivity index (χ0v) is 46.9. The van der Waals surface area contributed by atoms with Gasteiger partial charge in [0.2, 0.25) is 5.95 Å². The third-order valence-electron chi connectivity index (χ3n) is 13.6. The van der Waals surface area contributed by atoms with Gasteiger partial charge in [0.1, 0.15) is 85.6 Å². The maximum atomic E-state index is 14.0. The number of phosphoric ester groups is 4. The Labute approximate surface area is 466 Å². The van der Waals surface area contributed by atoms with E-state index in [4.69, 9.17) is 62.1 Å². The molecule has 10 rings (SSSR count). The number of rotatable bonds is 22. The van der Waals surface area contributed by atoms with Crippen LogP contribution >= 0.6 is 31.3 Å². The Balaban J connectivity index is 0.850. The molecule has 458 valence electrons. The average Bonchev–Trinajstić information content (AvgIpc) is 4.39. The van der Waals surface area contributed by atoms with E-state index in [1.54, 1.807) is 0 Å². The van der Waals surface area contributed by atoms with E-state index in [1.165, 1.54) is 35.6 Å². The molecule has 3 unspecified atom stereocenters. The number of aryl methyl sites for hydroxylation is 2. The van der Waals surface area contributed by atoms with Crippen molar-refractivity contribution >= 4 is 65.4 Å². The fraction of sp³-hybridized carbons (Fsp3) is 0.550. The maximum absolute atomic E-state index is 14.0. The minimum atomic E-state index is -5.48. The third-order valence-corrected chi connectivity index (χ3v) is 17.1. The Bertz CT molecular complexity index is 3980. The maximum Gasteiger partial charge on any atom is 0.472 e. The number of imidazole rings is 2. The van der Waals surface area contributed by atoms with Crippen LogP contribution < -0.4 is 39.5 Å². The lowest BCUT2D eigenvalue weighted by molar-refractivity contribution is -0.0629. The van der Waals surface area contributed by atoms with Crippen molar-refractivity contribution in [1.29, 1.82) is 0 Å². The summed E-state index contributed by atoms with van der Waals surface area (Å²) in [5, 5.41) is 10.1. The number of nitrogens with two attached hydrogens (primary N) is 2. The molecule has 4 aliphatic heterocycles. The predicted octanol–water partition coefficient (Wildman–Crippen LogP) is -2.03. The fourth-order valence-corrected chi connectivity index (χ4v) is 13.1. The van der Waals surface area contributed by atoms with Crippen LogP contribution in [-0.4, -0.2) is 163 Å². The number of nitrogens with one attached hydrogen (secondary N) is 3. The molecule has 6 aromatic heterocycles. The molecule has 0 radical (unpaired) electrons. The zero-order chi connectivity index (χ0) is 60.4. The summed E-state index contributed by atoms with van der Waals surface area (Å²) in [4.78, 5) is 142. The van der Waals surface area contributed by atoms with Gasteiger partial charge in [0.15, 0.2) is 22.6 Å². The minimum Gasteiger partial charge on any atom is -0.394 e. The van der Waals surface area contributed by atoms with Gasteiger partial charge in [-0.1, -0.05) is 0 Å². The Morgan fingerprint density at radius 3 is 1.40 bits per heavy atom. The highest BCUT2D eigenvalue weighted by atomic mass is 31.2. The Morgan fingerprint density at radius 1 is 0.548 bits per heavy atom. The summed E-state index contributed by atoms with van der Waals surface area (Å²) in [6.07, 6.45) is -13.2. The lowest BCUT2D eigenvalue weighted by Gasteiger charge is -2.25. The summed E-state index contributed by atoms with van der Waals surface area (Å²) < 4.78 is 119. The molecule has 4 fully saturated rings. The molecule has 10 heterocycles. The first-order valence-electron chi connectivity index (χ1n) is 24.8. The van der Waals surface area contributed by atoms with Gasteiger partial charge < -0.3 is 60.0 Å². The first kappa shape index (κ1) is 61.2. The van der Waals surface area contributed by atoms with Crippen molar-refractivity contribution < 1.29 is 98.4 Å². The van der Waals surface area contributed by atoms with E-state index in [9.17, 15) is 71.8 Å². The average molecular weight is 1270 g/mol. The van der Waals surface area contributed by atoms with E-state index >= 15 is 0 Å². The van der Waals surface area contributed by atoms with Crippen molar-refractivity contribution in [3.8, 4) is 0 Å². The number of aromatic nitrogens is 12. The van der Waals surface area contributed by atoms with Crippen molar-refractivity contribution in [3.05, 3.63) is 94.5 Å². The van der Waals surface area contributed by atoms with Crippen LogP contribution in [-0.2, 0) is 68.9 Å². The molecule has 15 atom stereocenters. The monoisotopic (exact) mass is 1270 g/mol. The number of nitrogens with zero attached hydrogens (tertiary/aromatic N) is 9. The van der Waals surface area contributed by atoms with Crippen LogP contribution in [0.2, 0.25) is 0 Å². The Hall–Kier alpha value is -5.90. The molecule has 0 bridgehead atoms. The molecule has 44 heteroatoms. The largest absolute Gasteiger partial charge is 0.472 e. The van der Waals surface area contributed by atoms with Gasteiger partial charge in [-0.15, -0.1) is 0 Å². The number of hydrogen-bond acceptors (Lipinski definition) is 28. The number of fused-ring (bicyclic) bond motifs is 2. The number of nitrogen functional groups attached to an aromatic ring is 2. The number of H-pyrrole nitrogens is 3. The third kappa shape index (κ3) is 13.5. The smallest absolute Gasteiger partial charge is 0.394 e. The van der Waals surface area contributed by atoms with Gasteiger partial charge in [0.05, 0.1) is 39.1 Å². The highest BCUT2D eigenvalue weighted by Crippen LogP contribution is 2.54. The first-order chi connectivity index (χ1) is 39.5. The van der Waals surface area contributed by atoms with Crippen LogP contribution in [0.1, 0.15) is 61.7 Å². The molecule has 0 aliphatic carbocycles. The van der Waals surface area contributed by atoms with Crippen LogP contribution in [0.3, 0.4) is 0 Å². The number of ether oxygens (including phenoxy) is 4. The normalized spacial score (nSPS) is 28.7. The molecule has 4 saturated heterocycles. The summed E-state index contributed by atoms with van der Waals surface area (Å²) in [6, 6.07) is 0. The predicted molar refractivity (Wildman–Crippen MR) is 274 cm³/mol. The Morgan fingerprint density at radius 2 is 0.952 bits per heavy atom. The molecule has 84 heavy (non-hydrogen) atoms.